The molecule has 1 aromatic carbocycles. The van der Waals surface area contributed by atoms with Crippen LogP contribution in [0.2, 0.25) is 5.02 Å². The van der Waals surface area contributed by atoms with Crippen molar-refractivity contribution in [1.29, 1.82) is 0 Å². The van der Waals surface area contributed by atoms with Crippen molar-refractivity contribution in [1.82, 2.24) is 4.90 Å². The normalized spacial score (nSPS) is 26.3. The molecule has 1 aliphatic rings. The molecule has 0 bridgehead atoms. The molecule has 0 aliphatic carbocycles. The Kier molecular flexibility index (Phi) is 5.25. The summed E-state index contributed by atoms with van der Waals surface area (Å²) in [6.45, 7) is 4.83. The van der Waals surface area contributed by atoms with E-state index in [9.17, 15) is 4.79 Å². The molecule has 1 amide bonds. The van der Waals surface area contributed by atoms with Gasteiger partial charge in [-0.1, -0.05) is 23.7 Å². The summed E-state index contributed by atoms with van der Waals surface area (Å²) in [5, 5.41) is 0.703. The summed E-state index contributed by atoms with van der Waals surface area (Å²) in [7, 11) is 0. The first-order valence-corrected chi connectivity index (χ1v) is 7.84. The van der Waals surface area contributed by atoms with Gasteiger partial charge in [0.2, 0.25) is 5.91 Å². The lowest BCUT2D eigenvalue weighted by Crippen LogP contribution is -2.51. The van der Waals surface area contributed by atoms with E-state index in [4.69, 9.17) is 23.1 Å². The average Bonchev–Trinajstić information content (AvgIpc) is 2.40. The van der Waals surface area contributed by atoms with E-state index in [0.717, 1.165) is 18.4 Å². The molecule has 0 saturated carbocycles. The van der Waals surface area contributed by atoms with E-state index in [1.54, 1.807) is 0 Å². The third-order valence-corrected chi connectivity index (χ3v) is 4.61. The van der Waals surface area contributed by atoms with Crippen LogP contribution in [0, 0.1) is 5.92 Å². The smallest absolute Gasteiger partial charge is 0.221 e. The number of nitrogens with zero attached hydrogens (tertiary/aromatic N) is 1. The number of rotatable bonds is 4. The number of hydrogen-bond donors (Lipinski definition) is 2. The minimum Gasteiger partial charge on any atom is -0.369 e. The molecule has 0 radical (unpaired) electrons. The minimum atomic E-state index is -0.221. The maximum absolute atomic E-state index is 11.5. The summed E-state index contributed by atoms with van der Waals surface area (Å²) in [4.78, 5) is 13.8. The molecule has 1 heterocycles. The second-order valence-corrected chi connectivity index (χ2v) is 6.52. The SMILES string of the molecule is CC(N)C(c1cccc(Cl)c1)N1CC(C(N)=O)CCC1C. The van der Waals surface area contributed by atoms with Gasteiger partial charge in [-0.15, -0.1) is 0 Å². The molecule has 116 valence electrons. The Morgan fingerprint density at radius 3 is 2.71 bits per heavy atom. The van der Waals surface area contributed by atoms with Crippen molar-refractivity contribution in [2.24, 2.45) is 17.4 Å². The second kappa shape index (κ2) is 6.77. The molecule has 4 unspecified atom stereocenters. The maximum Gasteiger partial charge on any atom is 0.221 e. The third kappa shape index (κ3) is 3.76. The Balaban J connectivity index is 2.30. The van der Waals surface area contributed by atoms with Crippen LogP contribution in [0.5, 0.6) is 0 Å². The van der Waals surface area contributed by atoms with Crippen molar-refractivity contribution < 1.29 is 4.79 Å². The van der Waals surface area contributed by atoms with Crippen LogP contribution in [0.25, 0.3) is 0 Å². The first-order valence-electron chi connectivity index (χ1n) is 7.46. The molecule has 5 heteroatoms. The Bertz CT molecular complexity index is 506. The average molecular weight is 310 g/mol. The van der Waals surface area contributed by atoms with Crippen LogP contribution in [-0.2, 0) is 4.79 Å². The molecule has 4 N–H and O–H groups in total. The van der Waals surface area contributed by atoms with Crippen LogP contribution in [-0.4, -0.2) is 29.4 Å². The number of likely N-dealkylation sites (tertiary alicyclic amines) is 1. The Labute approximate surface area is 131 Å². The molecular formula is C16H24ClN3O. The number of primary amides is 1. The van der Waals surface area contributed by atoms with Crippen LogP contribution in [0.4, 0.5) is 0 Å². The lowest BCUT2D eigenvalue weighted by molar-refractivity contribution is -0.124. The molecule has 21 heavy (non-hydrogen) atoms. The lowest BCUT2D eigenvalue weighted by atomic mass is 9.88. The van der Waals surface area contributed by atoms with E-state index in [-0.39, 0.29) is 23.9 Å². The number of nitrogens with two attached hydrogens (primary N) is 2. The molecule has 1 aliphatic heterocycles. The zero-order valence-corrected chi connectivity index (χ0v) is 13.4. The van der Waals surface area contributed by atoms with Gasteiger partial charge in [-0.25, -0.2) is 0 Å². The van der Waals surface area contributed by atoms with Gasteiger partial charge < -0.3 is 11.5 Å². The molecule has 0 spiro atoms. The van der Waals surface area contributed by atoms with Crippen molar-refractivity contribution in [3.05, 3.63) is 34.9 Å². The van der Waals surface area contributed by atoms with Gasteiger partial charge in [0.05, 0.1) is 5.92 Å². The first-order chi connectivity index (χ1) is 9.90. The highest BCUT2D eigenvalue weighted by atomic mass is 35.5. The molecule has 4 atom stereocenters. The summed E-state index contributed by atoms with van der Waals surface area (Å²) in [6.07, 6.45) is 1.81. The van der Waals surface area contributed by atoms with Gasteiger partial charge in [0.15, 0.2) is 0 Å². The fourth-order valence-electron chi connectivity index (χ4n) is 3.24. The van der Waals surface area contributed by atoms with Crippen LogP contribution in [0.3, 0.4) is 0 Å². The van der Waals surface area contributed by atoms with Crippen molar-refractivity contribution in [3.8, 4) is 0 Å². The highest BCUT2D eigenvalue weighted by molar-refractivity contribution is 6.30. The van der Waals surface area contributed by atoms with Crippen molar-refractivity contribution >= 4 is 17.5 Å². The molecule has 2 rings (SSSR count). The number of halogens is 1. The van der Waals surface area contributed by atoms with Gasteiger partial charge in [0.1, 0.15) is 0 Å². The molecule has 0 aromatic heterocycles. The van der Waals surface area contributed by atoms with E-state index < -0.39 is 0 Å². The van der Waals surface area contributed by atoms with E-state index in [1.165, 1.54) is 0 Å². The van der Waals surface area contributed by atoms with Gasteiger partial charge in [0, 0.05) is 29.7 Å². The summed E-state index contributed by atoms with van der Waals surface area (Å²) in [5.41, 5.74) is 12.8. The predicted octanol–water partition coefficient (Wildman–Crippen LogP) is 2.31. The van der Waals surface area contributed by atoms with E-state index in [2.05, 4.69) is 11.8 Å². The number of carbonyl (C=O) groups excluding carboxylic acids is 1. The van der Waals surface area contributed by atoms with Crippen molar-refractivity contribution in [3.63, 3.8) is 0 Å². The monoisotopic (exact) mass is 309 g/mol. The summed E-state index contributed by atoms with van der Waals surface area (Å²) >= 11 is 6.11. The fraction of sp³-hybridized carbons (Fsp3) is 0.562. The van der Waals surface area contributed by atoms with Crippen LogP contribution in [0.15, 0.2) is 24.3 Å². The van der Waals surface area contributed by atoms with Crippen LogP contribution >= 0.6 is 11.6 Å². The summed E-state index contributed by atoms with van der Waals surface area (Å²) < 4.78 is 0. The Morgan fingerprint density at radius 1 is 1.43 bits per heavy atom. The van der Waals surface area contributed by atoms with E-state index in [1.807, 2.05) is 31.2 Å². The second-order valence-electron chi connectivity index (χ2n) is 6.08. The van der Waals surface area contributed by atoms with Crippen LogP contribution in [0.1, 0.15) is 38.3 Å². The molecule has 4 nitrogen and oxygen atoms in total. The maximum atomic E-state index is 11.5. The van der Waals surface area contributed by atoms with Gasteiger partial charge in [0.25, 0.3) is 0 Å². The molecule has 1 aromatic rings. The number of benzene rings is 1. The predicted molar refractivity (Wildman–Crippen MR) is 85.9 cm³/mol. The summed E-state index contributed by atoms with van der Waals surface area (Å²) in [5.74, 6) is -0.317. The number of piperidine rings is 1. The van der Waals surface area contributed by atoms with Gasteiger partial charge >= 0.3 is 0 Å². The van der Waals surface area contributed by atoms with Crippen LogP contribution < -0.4 is 11.5 Å². The molecular weight excluding hydrogens is 286 g/mol. The Morgan fingerprint density at radius 2 is 2.14 bits per heavy atom. The van der Waals surface area contributed by atoms with Crippen molar-refractivity contribution in [2.45, 2.75) is 44.8 Å². The number of carbonyl (C=O) groups is 1. The standard InChI is InChI=1S/C16H24ClN3O/c1-10-6-7-13(16(19)21)9-20(10)15(11(2)18)12-4-3-5-14(17)8-12/h3-5,8,10-11,13,15H,6-7,9,18H2,1-2H3,(H2,19,21). The number of hydrogen-bond acceptors (Lipinski definition) is 3. The molecule has 1 fully saturated rings. The van der Waals surface area contributed by atoms with Gasteiger partial charge in [-0.05, 0) is 44.4 Å². The topological polar surface area (TPSA) is 72.3 Å². The molecule has 1 saturated heterocycles. The highest BCUT2D eigenvalue weighted by Gasteiger charge is 2.35. The minimum absolute atomic E-state index is 0.0425. The van der Waals surface area contributed by atoms with E-state index >= 15 is 0 Å². The Hall–Kier alpha value is -1.10. The fourth-order valence-corrected chi connectivity index (χ4v) is 3.44. The van der Waals surface area contributed by atoms with Gasteiger partial charge in [-0.3, -0.25) is 9.69 Å². The zero-order chi connectivity index (χ0) is 15.6. The quantitative estimate of drug-likeness (QED) is 0.896. The third-order valence-electron chi connectivity index (χ3n) is 4.38. The van der Waals surface area contributed by atoms with E-state index in [0.29, 0.717) is 17.6 Å². The summed E-state index contributed by atoms with van der Waals surface area (Å²) in [6, 6.07) is 8.15. The number of amides is 1. The van der Waals surface area contributed by atoms with Gasteiger partial charge in [-0.2, -0.15) is 0 Å². The largest absolute Gasteiger partial charge is 0.369 e. The zero-order valence-electron chi connectivity index (χ0n) is 12.6. The highest BCUT2D eigenvalue weighted by Crippen LogP contribution is 2.33. The van der Waals surface area contributed by atoms with Crippen molar-refractivity contribution in [2.75, 3.05) is 6.54 Å². The first kappa shape index (κ1) is 16.3. The lowest BCUT2D eigenvalue weighted by Gasteiger charge is -2.43.